The van der Waals surface area contributed by atoms with Crippen LogP contribution in [0.15, 0.2) is 48.7 Å². The first kappa shape index (κ1) is 19.3. The van der Waals surface area contributed by atoms with Crippen LogP contribution in [0.3, 0.4) is 0 Å². The maximum absolute atomic E-state index is 13.0. The summed E-state index contributed by atoms with van der Waals surface area (Å²) in [5, 5.41) is 0.652. The zero-order chi connectivity index (χ0) is 20.4. The molecule has 1 atom stereocenters. The molecule has 0 fully saturated rings. The van der Waals surface area contributed by atoms with Crippen LogP contribution in [0.25, 0.3) is 10.7 Å². The number of carbonyl (C=O) groups excluding carboxylic acids is 2. The first-order chi connectivity index (χ1) is 14.0. The minimum Gasteiger partial charge on any atom is -0.448 e. The van der Waals surface area contributed by atoms with E-state index in [1.807, 2.05) is 42.5 Å². The molecular weight excluding hydrogens is 386 g/mol. The van der Waals surface area contributed by atoms with E-state index in [2.05, 4.69) is 9.97 Å². The Morgan fingerprint density at radius 1 is 1.17 bits per heavy atom. The molecule has 6 nitrogen and oxygen atoms in total. The summed E-state index contributed by atoms with van der Waals surface area (Å²) in [6, 6.07) is 13.4. The van der Waals surface area contributed by atoms with Gasteiger partial charge in [0.2, 0.25) is 0 Å². The van der Waals surface area contributed by atoms with Gasteiger partial charge in [-0.25, -0.2) is 9.78 Å². The maximum atomic E-state index is 13.0. The van der Waals surface area contributed by atoms with Crippen molar-refractivity contribution in [2.24, 2.45) is 0 Å². The predicted octanol–water partition coefficient (Wildman–Crippen LogP) is 4.04. The average molecular weight is 407 g/mol. The molecule has 0 aliphatic carbocycles. The molecular formula is C22H21N3O3S. The molecule has 0 N–H and O–H groups in total. The number of carbonyl (C=O) groups is 2. The Labute approximate surface area is 173 Å². The third-order valence-electron chi connectivity index (χ3n) is 4.87. The lowest BCUT2D eigenvalue weighted by Gasteiger charge is -2.31. The van der Waals surface area contributed by atoms with Crippen LogP contribution < -0.4 is 4.90 Å². The molecule has 1 aliphatic rings. The third kappa shape index (κ3) is 3.91. The Bertz CT molecular complexity index is 1050. The zero-order valence-corrected chi connectivity index (χ0v) is 17.1. The Balaban J connectivity index is 1.49. The number of fused-ring (bicyclic) bond motifs is 1. The summed E-state index contributed by atoms with van der Waals surface area (Å²) in [5.74, 6) is -0.744. The van der Waals surface area contributed by atoms with Gasteiger partial charge in [0.05, 0.1) is 11.4 Å². The molecule has 2 aromatic heterocycles. The van der Waals surface area contributed by atoms with E-state index in [0.29, 0.717) is 27.8 Å². The minimum absolute atomic E-state index is 0.211. The van der Waals surface area contributed by atoms with Crippen molar-refractivity contribution in [2.45, 2.75) is 32.8 Å². The number of aromatic nitrogens is 2. The highest BCUT2D eigenvalue weighted by atomic mass is 32.1. The Morgan fingerprint density at radius 3 is 2.76 bits per heavy atom. The summed E-state index contributed by atoms with van der Waals surface area (Å²) in [7, 11) is 0. The zero-order valence-electron chi connectivity index (χ0n) is 16.3. The number of pyridine rings is 1. The number of para-hydroxylation sites is 1. The average Bonchev–Trinajstić information content (AvgIpc) is 3.15. The van der Waals surface area contributed by atoms with Gasteiger partial charge in [-0.1, -0.05) is 24.3 Å². The molecule has 0 spiro atoms. The molecule has 1 aromatic carbocycles. The summed E-state index contributed by atoms with van der Waals surface area (Å²) in [5.41, 5.74) is 3.32. The number of nitrogens with zero attached hydrogens (tertiary/aromatic N) is 3. The smallest absolute Gasteiger partial charge is 0.351 e. The van der Waals surface area contributed by atoms with Crippen molar-refractivity contribution < 1.29 is 14.3 Å². The topological polar surface area (TPSA) is 72.4 Å². The predicted molar refractivity (Wildman–Crippen MR) is 112 cm³/mol. The molecule has 148 valence electrons. The summed E-state index contributed by atoms with van der Waals surface area (Å²) in [6.07, 6.45) is 2.64. The van der Waals surface area contributed by atoms with Crippen LogP contribution in [0.4, 0.5) is 5.69 Å². The van der Waals surface area contributed by atoms with Crippen LogP contribution in [0.2, 0.25) is 0 Å². The van der Waals surface area contributed by atoms with E-state index < -0.39 is 12.1 Å². The fraction of sp³-hybridized carbons (Fsp3) is 0.273. The number of benzene rings is 1. The highest BCUT2D eigenvalue weighted by Crippen LogP contribution is 2.29. The first-order valence-corrected chi connectivity index (χ1v) is 10.4. The third-order valence-corrected chi connectivity index (χ3v) is 6.03. The van der Waals surface area contributed by atoms with Gasteiger partial charge in [-0.05, 0) is 50.5 Å². The van der Waals surface area contributed by atoms with Crippen LogP contribution in [0.1, 0.15) is 34.3 Å². The van der Waals surface area contributed by atoms with Crippen LogP contribution in [-0.2, 0) is 16.0 Å². The number of amides is 1. The lowest BCUT2D eigenvalue weighted by Crippen LogP contribution is -2.42. The van der Waals surface area contributed by atoms with Crippen molar-refractivity contribution in [3.8, 4) is 10.7 Å². The second kappa shape index (κ2) is 8.13. The van der Waals surface area contributed by atoms with E-state index in [1.54, 1.807) is 24.9 Å². The van der Waals surface area contributed by atoms with Crippen molar-refractivity contribution in [1.29, 1.82) is 0 Å². The summed E-state index contributed by atoms with van der Waals surface area (Å²) in [4.78, 5) is 36.5. The fourth-order valence-corrected chi connectivity index (χ4v) is 4.36. The second-order valence-corrected chi connectivity index (χ2v) is 7.92. The lowest BCUT2D eigenvalue weighted by molar-refractivity contribution is -0.126. The van der Waals surface area contributed by atoms with Crippen LogP contribution >= 0.6 is 11.3 Å². The van der Waals surface area contributed by atoms with E-state index in [1.165, 1.54) is 11.3 Å². The first-order valence-electron chi connectivity index (χ1n) is 9.53. The van der Waals surface area contributed by atoms with Crippen LogP contribution in [0, 0.1) is 6.92 Å². The number of ether oxygens (including phenoxy) is 1. The van der Waals surface area contributed by atoms with Gasteiger partial charge >= 0.3 is 5.97 Å². The Hall–Kier alpha value is -3.06. The highest BCUT2D eigenvalue weighted by Gasteiger charge is 2.29. The number of thiazole rings is 1. The van der Waals surface area contributed by atoms with Crippen molar-refractivity contribution in [3.63, 3.8) is 0 Å². The van der Waals surface area contributed by atoms with Crippen LogP contribution in [-0.4, -0.2) is 34.5 Å². The van der Waals surface area contributed by atoms with E-state index in [-0.39, 0.29) is 5.91 Å². The van der Waals surface area contributed by atoms with Gasteiger partial charge in [-0.3, -0.25) is 9.78 Å². The summed E-state index contributed by atoms with van der Waals surface area (Å²) in [6.45, 7) is 4.00. The largest absolute Gasteiger partial charge is 0.448 e. The standard InChI is InChI=1S/C22H21N3O3S/c1-14-19(29-20(24-14)17-10-5-6-12-23-17)22(27)28-15(2)21(26)25-13-7-9-16-8-3-4-11-18(16)25/h3-6,8,10-12,15H,7,9,13H2,1-2H3/t15-/m0/s1. The molecule has 3 heterocycles. The molecule has 1 aliphatic heterocycles. The van der Waals surface area contributed by atoms with Crippen molar-refractivity contribution in [3.05, 3.63) is 64.8 Å². The molecule has 29 heavy (non-hydrogen) atoms. The number of hydrogen-bond acceptors (Lipinski definition) is 6. The number of rotatable bonds is 4. The van der Waals surface area contributed by atoms with Crippen molar-refractivity contribution in [1.82, 2.24) is 9.97 Å². The van der Waals surface area contributed by atoms with Crippen molar-refractivity contribution in [2.75, 3.05) is 11.4 Å². The van der Waals surface area contributed by atoms with Gasteiger partial charge in [0.15, 0.2) is 6.10 Å². The quantitative estimate of drug-likeness (QED) is 0.611. The SMILES string of the molecule is Cc1nc(-c2ccccn2)sc1C(=O)O[C@@H](C)C(=O)N1CCCc2ccccc21. The van der Waals surface area contributed by atoms with E-state index >= 15 is 0 Å². The molecule has 0 saturated heterocycles. The van der Waals surface area contributed by atoms with Gasteiger partial charge < -0.3 is 9.64 Å². The monoisotopic (exact) mass is 407 g/mol. The number of aryl methyl sites for hydroxylation is 2. The van der Waals surface area contributed by atoms with E-state index in [4.69, 9.17) is 4.74 Å². The molecule has 0 unspecified atom stereocenters. The Kier molecular flexibility index (Phi) is 5.40. The second-order valence-electron chi connectivity index (χ2n) is 6.92. The Morgan fingerprint density at radius 2 is 1.97 bits per heavy atom. The van der Waals surface area contributed by atoms with E-state index in [0.717, 1.165) is 24.1 Å². The molecule has 4 rings (SSSR count). The minimum atomic E-state index is -0.881. The van der Waals surface area contributed by atoms with E-state index in [9.17, 15) is 9.59 Å². The lowest BCUT2D eigenvalue weighted by atomic mass is 10.0. The number of esters is 1. The van der Waals surface area contributed by atoms with Gasteiger partial charge in [-0.2, -0.15) is 0 Å². The van der Waals surface area contributed by atoms with Gasteiger partial charge in [0.1, 0.15) is 9.88 Å². The maximum Gasteiger partial charge on any atom is 0.351 e. The van der Waals surface area contributed by atoms with Crippen molar-refractivity contribution >= 4 is 28.9 Å². The molecule has 0 saturated carbocycles. The number of hydrogen-bond donors (Lipinski definition) is 0. The molecule has 3 aromatic rings. The highest BCUT2D eigenvalue weighted by molar-refractivity contribution is 7.17. The molecule has 1 amide bonds. The fourth-order valence-electron chi connectivity index (χ4n) is 3.43. The molecule has 0 bridgehead atoms. The molecule has 7 heteroatoms. The summed E-state index contributed by atoms with van der Waals surface area (Å²) >= 11 is 1.23. The van der Waals surface area contributed by atoms with Gasteiger partial charge in [0.25, 0.3) is 5.91 Å². The van der Waals surface area contributed by atoms with Gasteiger partial charge in [-0.15, -0.1) is 11.3 Å². The molecule has 0 radical (unpaired) electrons. The van der Waals surface area contributed by atoms with Gasteiger partial charge in [0, 0.05) is 18.4 Å². The number of anilines is 1. The summed E-state index contributed by atoms with van der Waals surface area (Å²) < 4.78 is 5.52. The normalized spacial score (nSPS) is 14.2. The van der Waals surface area contributed by atoms with Crippen LogP contribution in [0.5, 0.6) is 0 Å².